The maximum atomic E-state index is 5.92. The van der Waals surface area contributed by atoms with E-state index in [0.29, 0.717) is 10.2 Å². The minimum absolute atomic E-state index is 0.442. The highest BCUT2D eigenvalue weighted by atomic mass is 32.2. The van der Waals surface area contributed by atoms with Crippen molar-refractivity contribution in [3.05, 3.63) is 0 Å². The van der Waals surface area contributed by atoms with Gasteiger partial charge in [0, 0.05) is 30.1 Å². The molecule has 2 N–H and O–H groups in total. The quantitative estimate of drug-likeness (QED) is 0.800. The van der Waals surface area contributed by atoms with Crippen molar-refractivity contribution in [2.24, 2.45) is 11.1 Å². The molecule has 2 rings (SSSR count). The Bertz CT molecular complexity index is 218. The monoisotopic (exact) mass is 228 g/mol. The van der Waals surface area contributed by atoms with Crippen LogP contribution in [-0.2, 0) is 0 Å². The van der Waals surface area contributed by atoms with Gasteiger partial charge in [0.1, 0.15) is 0 Å². The lowest BCUT2D eigenvalue weighted by atomic mass is 9.68. The third-order valence-corrected chi connectivity index (χ3v) is 5.21. The van der Waals surface area contributed by atoms with Crippen LogP contribution in [0.3, 0.4) is 0 Å². The SMILES string of the molecule is CC1(C)CN(CC2(CN)CCC2)CCS1. The first-order valence-electron chi connectivity index (χ1n) is 6.12. The van der Waals surface area contributed by atoms with E-state index in [9.17, 15) is 0 Å². The zero-order valence-corrected chi connectivity index (χ0v) is 10.9. The summed E-state index contributed by atoms with van der Waals surface area (Å²) in [5, 5.41) is 0. The Kier molecular flexibility index (Phi) is 3.34. The van der Waals surface area contributed by atoms with Crippen molar-refractivity contribution in [1.82, 2.24) is 4.90 Å². The Morgan fingerprint density at radius 3 is 2.53 bits per heavy atom. The minimum Gasteiger partial charge on any atom is -0.330 e. The van der Waals surface area contributed by atoms with Crippen LogP contribution < -0.4 is 5.73 Å². The van der Waals surface area contributed by atoms with E-state index in [1.54, 1.807) is 0 Å². The Morgan fingerprint density at radius 2 is 2.07 bits per heavy atom. The molecule has 0 amide bonds. The van der Waals surface area contributed by atoms with Crippen LogP contribution in [-0.4, -0.2) is 41.6 Å². The van der Waals surface area contributed by atoms with Gasteiger partial charge in [0.2, 0.25) is 0 Å². The van der Waals surface area contributed by atoms with Gasteiger partial charge >= 0.3 is 0 Å². The van der Waals surface area contributed by atoms with Gasteiger partial charge in [-0.3, -0.25) is 0 Å². The van der Waals surface area contributed by atoms with E-state index >= 15 is 0 Å². The van der Waals surface area contributed by atoms with E-state index < -0.39 is 0 Å². The predicted octanol–water partition coefficient (Wildman–Crippen LogP) is 1.94. The number of thioether (sulfide) groups is 1. The molecule has 88 valence electrons. The lowest BCUT2D eigenvalue weighted by Crippen LogP contribution is -2.52. The fraction of sp³-hybridized carbons (Fsp3) is 1.00. The van der Waals surface area contributed by atoms with Crippen LogP contribution >= 0.6 is 11.8 Å². The molecular weight excluding hydrogens is 204 g/mol. The summed E-state index contributed by atoms with van der Waals surface area (Å²) in [5.41, 5.74) is 6.41. The Morgan fingerprint density at radius 1 is 1.33 bits per heavy atom. The average Bonchev–Trinajstić information content (AvgIpc) is 2.10. The second-order valence-corrected chi connectivity index (χ2v) is 7.68. The second-order valence-electron chi connectivity index (χ2n) is 5.88. The first-order valence-corrected chi connectivity index (χ1v) is 7.10. The summed E-state index contributed by atoms with van der Waals surface area (Å²) in [5.74, 6) is 1.29. The van der Waals surface area contributed by atoms with Crippen molar-refractivity contribution in [2.45, 2.75) is 37.9 Å². The van der Waals surface area contributed by atoms with Gasteiger partial charge in [0.05, 0.1) is 0 Å². The van der Waals surface area contributed by atoms with E-state index in [0.717, 1.165) is 6.54 Å². The zero-order valence-electron chi connectivity index (χ0n) is 10.1. The van der Waals surface area contributed by atoms with Crippen molar-refractivity contribution < 1.29 is 0 Å². The third kappa shape index (κ3) is 2.69. The number of rotatable bonds is 3. The van der Waals surface area contributed by atoms with Crippen LogP contribution in [0.15, 0.2) is 0 Å². The number of nitrogens with zero attached hydrogens (tertiary/aromatic N) is 1. The van der Waals surface area contributed by atoms with Crippen molar-refractivity contribution in [3.8, 4) is 0 Å². The molecule has 3 heteroatoms. The van der Waals surface area contributed by atoms with E-state index in [1.165, 1.54) is 44.6 Å². The minimum atomic E-state index is 0.442. The van der Waals surface area contributed by atoms with Crippen LogP contribution in [0.25, 0.3) is 0 Å². The fourth-order valence-corrected chi connectivity index (χ4v) is 4.00. The summed E-state index contributed by atoms with van der Waals surface area (Å²) in [6, 6.07) is 0. The van der Waals surface area contributed by atoms with Crippen LogP contribution in [0, 0.1) is 5.41 Å². The average molecular weight is 228 g/mol. The van der Waals surface area contributed by atoms with Crippen LogP contribution in [0.1, 0.15) is 33.1 Å². The van der Waals surface area contributed by atoms with Gasteiger partial charge in [0.25, 0.3) is 0 Å². The highest BCUT2D eigenvalue weighted by Crippen LogP contribution is 2.41. The summed E-state index contributed by atoms with van der Waals surface area (Å²) in [6.45, 7) is 9.35. The largest absolute Gasteiger partial charge is 0.330 e. The molecule has 0 aromatic carbocycles. The molecule has 2 fully saturated rings. The van der Waals surface area contributed by atoms with E-state index in [-0.39, 0.29) is 0 Å². The van der Waals surface area contributed by atoms with Gasteiger partial charge in [-0.2, -0.15) is 11.8 Å². The van der Waals surface area contributed by atoms with Crippen molar-refractivity contribution >= 4 is 11.8 Å². The molecule has 0 spiro atoms. The summed E-state index contributed by atoms with van der Waals surface area (Å²) in [7, 11) is 0. The Hall–Kier alpha value is 0.270. The lowest BCUT2D eigenvalue weighted by Gasteiger charge is -2.47. The highest BCUT2D eigenvalue weighted by Gasteiger charge is 2.39. The molecular formula is C12H24N2S. The molecule has 0 aromatic rings. The molecule has 15 heavy (non-hydrogen) atoms. The maximum Gasteiger partial charge on any atom is 0.0231 e. The number of hydrogen-bond acceptors (Lipinski definition) is 3. The van der Waals surface area contributed by atoms with Crippen molar-refractivity contribution in [1.29, 1.82) is 0 Å². The number of hydrogen-bond donors (Lipinski definition) is 1. The first-order chi connectivity index (χ1) is 7.05. The molecule has 1 heterocycles. The zero-order chi connectivity index (χ0) is 10.9. The molecule has 1 saturated carbocycles. The first kappa shape index (κ1) is 11.7. The normalized spacial score (nSPS) is 29.8. The Labute approximate surface area is 98.0 Å². The van der Waals surface area contributed by atoms with Crippen molar-refractivity contribution in [2.75, 3.05) is 31.9 Å². The van der Waals surface area contributed by atoms with Crippen molar-refractivity contribution in [3.63, 3.8) is 0 Å². The van der Waals surface area contributed by atoms with Gasteiger partial charge < -0.3 is 10.6 Å². The molecule has 1 aliphatic heterocycles. The summed E-state index contributed by atoms with van der Waals surface area (Å²) < 4.78 is 0.442. The number of nitrogens with two attached hydrogens (primary N) is 1. The summed E-state index contributed by atoms with van der Waals surface area (Å²) in [6.07, 6.45) is 4.10. The molecule has 2 aliphatic rings. The highest BCUT2D eigenvalue weighted by molar-refractivity contribution is 8.00. The van der Waals surface area contributed by atoms with Gasteiger partial charge in [-0.1, -0.05) is 6.42 Å². The van der Waals surface area contributed by atoms with E-state index in [4.69, 9.17) is 5.73 Å². The topological polar surface area (TPSA) is 29.3 Å². The Balaban J connectivity index is 1.88. The fourth-order valence-electron chi connectivity index (χ4n) is 2.83. The van der Waals surface area contributed by atoms with E-state index in [1.807, 2.05) is 0 Å². The van der Waals surface area contributed by atoms with Gasteiger partial charge in [-0.15, -0.1) is 0 Å². The van der Waals surface area contributed by atoms with Crippen LogP contribution in [0.5, 0.6) is 0 Å². The van der Waals surface area contributed by atoms with Crippen LogP contribution in [0.2, 0.25) is 0 Å². The van der Waals surface area contributed by atoms with Crippen LogP contribution in [0.4, 0.5) is 0 Å². The third-order valence-electron chi connectivity index (χ3n) is 3.91. The molecule has 0 unspecified atom stereocenters. The van der Waals surface area contributed by atoms with E-state index in [2.05, 4.69) is 30.5 Å². The predicted molar refractivity (Wildman–Crippen MR) is 68.3 cm³/mol. The smallest absolute Gasteiger partial charge is 0.0231 e. The molecule has 2 nitrogen and oxygen atoms in total. The van der Waals surface area contributed by atoms with Gasteiger partial charge in [-0.05, 0) is 38.6 Å². The van der Waals surface area contributed by atoms with Gasteiger partial charge in [-0.25, -0.2) is 0 Å². The molecule has 0 aromatic heterocycles. The second kappa shape index (κ2) is 4.27. The molecule has 0 atom stereocenters. The van der Waals surface area contributed by atoms with Gasteiger partial charge in [0.15, 0.2) is 0 Å². The summed E-state index contributed by atoms with van der Waals surface area (Å²) in [4.78, 5) is 2.64. The molecule has 1 saturated heterocycles. The molecule has 0 radical (unpaired) electrons. The summed E-state index contributed by atoms with van der Waals surface area (Å²) >= 11 is 2.11. The molecule has 1 aliphatic carbocycles. The lowest BCUT2D eigenvalue weighted by molar-refractivity contribution is 0.0724. The standard InChI is InChI=1S/C12H24N2S/c1-11(2)9-14(6-7-15-11)10-12(8-13)4-3-5-12/h3-10,13H2,1-2H3. The molecule has 0 bridgehead atoms. The maximum absolute atomic E-state index is 5.92.